The zero-order valence-electron chi connectivity index (χ0n) is 14.5. The van der Waals surface area contributed by atoms with Crippen LogP contribution >= 0.6 is 0 Å². The molecule has 1 aromatic carbocycles. The van der Waals surface area contributed by atoms with Crippen LogP contribution in [0.3, 0.4) is 0 Å². The highest BCUT2D eigenvalue weighted by molar-refractivity contribution is 5.80. The van der Waals surface area contributed by atoms with Gasteiger partial charge in [0.2, 0.25) is 5.91 Å². The molecule has 6 heteroatoms. The molecule has 2 saturated heterocycles. The Morgan fingerprint density at radius 3 is 3.00 bits per heavy atom. The molecule has 0 spiro atoms. The minimum Gasteiger partial charge on any atom is -0.376 e. The highest BCUT2D eigenvalue weighted by atomic mass is 19.1. The fourth-order valence-electron chi connectivity index (χ4n) is 3.95. The maximum atomic E-state index is 14.0. The number of ether oxygens (including phenoxy) is 1. The Kier molecular flexibility index (Phi) is 4.95. The van der Waals surface area contributed by atoms with Crippen molar-refractivity contribution in [2.24, 2.45) is 5.92 Å². The van der Waals surface area contributed by atoms with E-state index in [4.69, 9.17) is 4.74 Å². The Labute approximate surface area is 152 Å². The van der Waals surface area contributed by atoms with Crippen molar-refractivity contribution in [1.82, 2.24) is 15.2 Å². The van der Waals surface area contributed by atoms with Crippen LogP contribution in [0.1, 0.15) is 17.5 Å². The van der Waals surface area contributed by atoms with Crippen LogP contribution in [-0.4, -0.2) is 41.1 Å². The number of carbonyl (C=O) groups is 1. The van der Waals surface area contributed by atoms with Gasteiger partial charge in [0.15, 0.2) is 0 Å². The zero-order valence-corrected chi connectivity index (χ0v) is 14.5. The number of nitrogens with zero attached hydrogens (tertiary/aromatic N) is 2. The van der Waals surface area contributed by atoms with Gasteiger partial charge in [-0.2, -0.15) is 0 Å². The highest BCUT2D eigenvalue weighted by Crippen LogP contribution is 2.34. The molecule has 3 heterocycles. The molecule has 1 N–H and O–H groups in total. The molecule has 0 unspecified atom stereocenters. The topological polar surface area (TPSA) is 54.5 Å². The molecule has 1 aromatic heterocycles. The van der Waals surface area contributed by atoms with Crippen molar-refractivity contribution in [2.75, 3.05) is 13.2 Å². The lowest BCUT2D eigenvalue weighted by molar-refractivity contribution is -0.127. The molecular formula is C20H22FN3O2. The van der Waals surface area contributed by atoms with Crippen LogP contribution in [0.4, 0.5) is 4.39 Å². The average molecular weight is 355 g/mol. The lowest BCUT2D eigenvalue weighted by Gasteiger charge is -2.22. The molecule has 1 amide bonds. The van der Waals surface area contributed by atoms with Gasteiger partial charge in [-0.15, -0.1) is 0 Å². The quantitative estimate of drug-likeness (QED) is 0.893. The van der Waals surface area contributed by atoms with Crippen LogP contribution in [0.25, 0.3) is 0 Å². The van der Waals surface area contributed by atoms with Crippen molar-refractivity contribution in [3.8, 4) is 0 Å². The summed E-state index contributed by atoms with van der Waals surface area (Å²) in [5.74, 6) is -0.444. The third-order valence-corrected chi connectivity index (χ3v) is 5.26. The van der Waals surface area contributed by atoms with Gasteiger partial charge in [0.1, 0.15) is 5.82 Å². The van der Waals surface area contributed by atoms with E-state index in [9.17, 15) is 9.18 Å². The summed E-state index contributed by atoms with van der Waals surface area (Å²) in [5, 5.41) is 2.99. The summed E-state index contributed by atoms with van der Waals surface area (Å²) in [6.45, 7) is 2.19. The van der Waals surface area contributed by atoms with E-state index < -0.39 is 0 Å². The van der Waals surface area contributed by atoms with Crippen LogP contribution in [0.5, 0.6) is 0 Å². The van der Waals surface area contributed by atoms with Gasteiger partial charge >= 0.3 is 0 Å². The normalized spacial score (nSPS) is 25.2. The van der Waals surface area contributed by atoms with Crippen molar-refractivity contribution in [3.63, 3.8) is 0 Å². The van der Waals surface area contributed by atoms with E-state index in [1.165, 1.54) is 6.07 Å². The Morgan fingerprint density at radius 1 is 1.31 bits per heavy atom. The number of pyridine rings is 1. The van der Waals surface area contributed by atoms with E-state index in [2.05, 4.69) is 15.2 Å². The maximum absolute atomic E-state index is 14.0. The number of amides is 1. The van der Waals surface area contributed by atoms with Crippen molar-refractivity contribution in [2.45, 2.75) is 31.7 Å². The number of fused-ring (bicyclic) bond motifs is 1. The Morgan fingerprint density at radius 2 is 2.19 bits per heavy atom. The van der Waals surface area contributed by atoms with Crippen LogP contribution < -0.4 is 5.32 Å². The summed E-state index contributed by atoms with van der Waals surface area (Å²) in [6, 6.07) is 10.8. The van der Waals surface area contributed by atoms with Gasteiger partial charge < -0.3 is 10.1 Å². The van der Waals surface area contributed by atoms with Crippen molar-refractivity contribution < 1.29 is 13.9 Å². The number of aromatic nitrogens is 1. The van der Waals surface area contributed by atoms with Gasteiger partial charge in [-0.05, 0) is 24.1 Å². The molecule has 2 aliphatic rings. The summed E-state index contributed by atoms with van der Waals surface area (Å²) in [4.78, 5) is 19.0. The number of halogens is 1. The first-order chi connectivity index (χ1) is 12.7. The summed E-state index contributed by atoms with van der Waals surface area (Å²) in [7, 11) is 0. The Bertz CT molecular complexity index is 771. The molecule has 0 radical (unpaired) electrons. The Hall–Kier alpha value is -2.31. The average Bonchev–Trinajstić information content (AvgIpc) is 3.26. The number of likely N-dealkylation sites (tertiary alicyclic amines) is 1. The molecule has 0 aliphatic carbocycles. The minimum absolute atomic E-state index is 0.0122. The van der Waals surface area contributed by atoms with E-state index in [1.807, 2.05) is 18.2 Å². The number of nitrogens with one attached hydrogen (secondary N) is 1. The largest absolute Gasteiger partial charge is 0.376 e. The first kappa shape index (κ1) is 17.1. The van der Waals surface area contributed by atoms with Crippen molar-refractivity contribution >= 4 is 5.91 Å². The van der Waals surface area contributed by atoms with Gasteiger partial charge in [0.25, 0.3) is 0 Å². The lowest BCUT2D eigenvalue weighted by atomic mass is 10.0. The van der Waals surface area contributed by atoms with E-state index in [1.54, 1.807) is 24.5 Å². The van der Waals surface area contributed by atoms with Crippen LogP contribution in [0, 0.1) is 11.7 Å². The number of hydrogen-bond donors (Lipinski definition) is 1. The number of carbonyl (C=O) groups excluding carboxylic acids is 1. The molecule has 26 heavy (non-hydrogen) atoms. The SMILES string of the molecule is O=C(NCc1cccnc1)[C@@H]1CN(Cc2ccccc2F)[C@H]2CCO[C@@H]12. The predicted molar refractivity (Wildman–Crippen MR) is 94.5 cm³/mol. The van der Waals surface area contributed by atoms with Gasteiger partial charge in [-0.1, -0.05) is 24.3 Å². The maximum Gasteiger partial charge on any atom is 0.227 e. The molecule has 2 fully saturated rings. The van der Waals surface area contributed by atoms with Crippen molar-refractivity contribution in [1.29, 1.82) is 0 Å². The van der Waals surface area contributed by atoms with Gasteiger partial charge in [0.05, 0.1) is 12.0 Å². The summed E-state index contributed by atoms with van der Waals surface area (Å²) < 4.78 is 19.9. The van der Waals surface area contributed by atoms with Crippen LogP contribution in [0.15, 0.2) is 48.8 Å². The molecule has 0 bridgehead atoms. The number of benzene rings is 1. The number of rotatable bonds is 5. The smallest absolute Gasteiger partial charge is 0.227 e. The minimum atomic E-state index is -0.231. The molecule has 136 valence electrons. The van der Waals surface area contributed by atoms with Gasteiger partial charge in [-0.3, -0.25) is 14.7 Å². The second-order valence-electron chi connectivity index (χ2n) is 6.90. The fraction of sp³-hybridized carbons (Fsp3) is 0.400. The van der Waals surface area contributed by atoms with E-state index >= 15 is 0 Å². The van der Waals surface area contributed by atoms with Crippen molar-refractivity contribution in [3.05, 3.63) is 65.7 Å². The highest BCUT2D eigenvalue weighted by Gasteiger charge is 2.48. The molecule has 2 aliphatic heterocycles. The lowest BCUT2D eigenvalue weighted by Crippen LogP contribution is -2.37. The van der Waals surface area contributed by atoms with Crippen LogP contribution in [0.2, 0.25) is 0 Å². The van der Waals surface area contributed by atoms with E-state index in [0.29, 0.717) is 31.8 Å². The number of hydrogen-bond acceptors (Lipinski definition) is 4. The van der Waals surface area contributed by atoms with Gasteiger partial charge in [0, 0.05) is 50.2 Å². The fourth-order valence-corrected chi connectivity index (χ4v) is 3.95. The molecule has 3 atom stereocenters. The zero-order chi connectivity index (χ0) is 17.9. The second kappa shape index (κ2) is 7.51. The van der Waals surface area contributed by atoms with E-state index in [-0.39, 0.29) is 29.8 Å². The van der Waals surface area contributed by atoms with E-state index in [0.717, 1.165) is 12.0 Å². The standard InChI is InChI=1S/C20H22FN3O2/c21-17-6-2-1-5-15(17)12-24-13-16(19-18(24)7-9-26-19)20(25)23-11-14-4-3-8-22-10-14/h1-6,8,10,16,18-19H,7,9,11-13H2,(H,23,25)/t16-,18+,19+/m1/s1. The van der Waals surface area contributed by atoms with Gasteiger partial charge in [-0.25, -0.2) is 4.39 Å². The Balaban J connectivity index is 1.42. The third-order valence-electron chi connectivity index (χ3n) is 5.26. The molecular weight excluding hydrogens is 333 g/mol. The summed E-state index contributed by atoms with van der Waals surface area (Å²) >= 11 is 0. The summed E-state index contributed by atoms with van der Waals surface area (Å²) in [6.07, 6.45) is 4.22. The van der Waals surface area contributed by atoms with Crippen LogP contribution in [-0.2, 0) is 22.6 Å². The third kappa shape index (κ3) is 3.48. The summed E-state index contributed by atoms with van der Waals surface area (Å²) in [5.41, 5.74) is 1.63. The predicted octanol–water partition coefficient (Wildman–Crippen LogP) is 2.13. The second-order valence-corrected chi connectivity index (χ2v) is 6.90. The molecule has 5 nitrogen and oxygen atoms in total. The molecule has 4 rings (SSSR count). The molecule has 2 aromatic rings. The molecule has 0 saturated carbocycles. The first-order valence-corrected chi connectivity index (χ1v) is 8.98. The monoisotopic (exact) mass is 355 g/mol. The first-order valence-electron chi connectivity index (χ1n) is 8.98.